The van der Waals surface area contributed by atoms with E-state index in [1.807, 2.05) is 24.5 Å². The Labute approximate surface area is 157 Å². The molecule has 0 unspecified atom stereocenters. The van der Waals surface area contributed by atoms with E-state index in [1.165, 1.54) is 12.1 Å². The molecule has 2 aromatic rings. The summed E-state index contributed by atoms with van der Waals surface area (Å²) in [4.78, 5) is 10.3. The molecule has 0 spiro atoms. The van der Waals surface area contributed by atoms with Crippen LogP contribution in [-0.4, -0.2) is 38.7 Å². The van der Waals surface area contributed by atoms with Crippen molar-refractivity contribution >= 4 is 16.6 Å². The number of nitro groups is 1. The third-order valence-corrected chi connectivity index (χ3v) is 4.58. The topological polar surface area (TPSA) is 97.8 Å². The van der Waals surface area contributed by atoms with Gasteiger partial charge in [0.1, 0.15) is 0 Å². The number of halogens is 1. The Morgan fingerprint density at radius 3 is 2.48 bits per heavy atom. The maximum absolute atomic E-state index is 14.2. The molecule has 0 fully saturated rings. The zero-order valence-electron chi connectivity index (χ0n) is 16.2. The van der Waals surface area contributed by atoms with Crippen LogP contribution in [0.3, 0.4) is 0 Å². The summed E-state index contributed by atoms with van der Waals surface area (Å²) in [6.07, 6.45) is 1.06. The molecule has 2 N–H and O–H groups in total. The summed E-state index contributed by atoms with van der Waals surface area (Å²) in [5.74, 6) is -2.11. The van der Waals surface area contributed by atoms with Gasteiger partial charge in [-0.25, -0.2) is 0 Å². The number of hydrogen-bond donors (Lipinski definition) is 2. The highest BCUT2D eigenvalue weighted by atomic mass is 19.1. The zero-order valence-corrected chi connectivity index (χ0v) is 16.2. The first-order valence-corrected chi connectivity index (χ1v) is 8.91. The normalized spacial score (nSPS) is 12.7. The van der Waals surface area contributed by atoms with E-state index in [-0.39, 0.29) is 6.61 Å². The van der Waals surface area contributed by atoms with Gasteiger partial charge in [-0.15, -0.1) is 0 Å². The number of nitro benzene ring substituents is 1. The lowest BCUT2D eigenvalue weighted by Crippen LogP contribution is -2.25. The number of ether oxygens (including phenoxy) is 1. The molecule has 0 atom stereocenters. The number of rotatable bonds is 9. The van der Waals surface area contributed by atoms with Gasteiger partial charge in [-0.05, 0) is 32.8 Å². The minimum absolute atomic E-state index is 0.00908. The van der Waals surface area contributed by atoms with Crippen LogP contribution in [-0.2, 0) is 16.7 Å². The second kappa shape index (κ2) is 7.92. The first-order chi connectivity index (χ1) is 12.5. The highest BCUT2D eigenvalue weighted by molar-refractivity contribution is 5.84. The van der Waals surface area contributed by atoms with Gasteiger partial charge in [-0.1, -0.05) is 13.8 Å². The standard InChI is InChI=1S/C19H27FN2O5/c1-18(2,6-8-23)17-11-13-10-16(22(25)26)14(20)12-15(13)21(17)7-5-9-27-19(3,4)24/h10-12,23-24H,5-9H2,1-4H3. The molecule has 2 rings (SSSR count). The summed E-state index contributed by atoms with van der Waals surface area (Å²) in [5, 5.41) is 30.7. The molecule has 7 nitrogen and oxygen atoms in total. The molecule has 0 aliphatic heterocycles. The third-order valence-electron chi connectivity index (χ3n) is 4.58. The molecule has 0 radical (unpaired) electrons. The largest absolute Gasteiger partial charge is 0.396 e. The van der Waals surface area contributed by atoms with Crippen LogP contribution in [0.25, 0.3) is 10.9 Å². The van der Waals surface area contributed by atoms with Gasteiger partial charge in [-0.3, -0.25) is 10.1 Å². The van der Waals surface area contributed by atoms with E-state index in [0.29, 0.717) is 36.9 Å². The molecule has 150 valence electrons. The molecule has 0 aliphatic rings. The fourth-order valence-electron chi connectivity index (χ4n) is 3.17. The summed E-state index contributed by atoms with van der Waals surface area (Å²) >= 11 is 0. The molecule has 27 heavy (non-hydrogen) atoms. The predicted molar refractivity (Wildman–Crippen MR) is 100 cm³/mol. The lowest BCUT2D eigenvalue weighted by molar-refractivity contribution is -0.387. The second-order valence-corrected chi connectivity index (χ2v) is 7.81. The first-order valence-electron chi connectivity index (χ1n) is 8.91. The van der Waals surface area contributed by atoms with E-state index in [4.69, 9.17) is 4.74 Å². The number of hydrogen-bond acceptors (Lipinski definition) is 5. The molecule has 1 aromatic heterocycles. The third kappa shape index (κ3) is 5.03. The number of nitrogens with zero attached hydrogens (tertiary/aromatic N) is 2. The number of aryl methyl sites for hydroxylation is 1. The average Bonchev–Trinajstić information content (AvgIpc) is 2.88. The number of aromatic nitrogens is 1. The van der Waals surface area contributed by atoms with E-state index in [0.717, 1.165) is 5.69 Å². The van der Waals surface area contributed by atoms with Crippen molar-refractivity contribution in [3.8, 4) is 0 Å². The molecule has 0 bridgehead atoms. The molecule has 1 heterocycles. The van der Waals surface area contributed by atoms with Gasteiger partial charge >= 0.3 is 5.69 Å². The van der Waals surface area contributed by atoms with Crippen molar-refractivity contribution in [2.24, 2.45) is 0 Å². The Bertz CT molecular complexity index is 824. The van der Waals surface area contributed by atoms with Crippen LogP contribution in [0.4, 0.5) is 10.1 Å². The van der Waals surface area contributed by atoms with Gasteiger partial charge in [0.25, 0.3) is 0 Å². The quantitative estimate of drug-likeness (QED) is 0.299. The van der Waals surface area contributed by atoms with Crippen LogP contribution in [0, 0.1) is 15.9 Å². The van der Waals surface area contributed by atoms with E-state index in [2.05, 4.69) is 0 Å². The van der Waals surface area contributed by atoms with Gasteiger partial charge in [0.05, 0.1) is 17.0 Å². The van der Waals surface area contributed by atoms with Crippen molar-refractivity contribution in [2.45, 2.75) is 58.3 Å². The van der Waals surface area contributed by atoms with Gasteiger partial charge in [0.15, 0.2) is 5.79 Å². The van der Waals surface area contributed by atoms with Gasteiger partial charge in [-0.2, -0.15) is 4.39 Å². The Balaban J connectivity index is 2.46. The van der Waals surface area contributed by atoms with Gasteiger partial charge in [0, 0.05) is 41.8 Å². The van der Waals surface area contributed by atoms with Crippen molar-refractivity contribution in [3.05, 3.63) is 39.8 Å². The van der Waals surface area contributed by atoms with E-state index in [9.17, 15) is 24.7 Å². The fourth-order valence-corrected chi connectivity index (χ4v) is 3.17. The van der Waals surface area contributed by atoms with Crippen molar-refractivity contribution in [1.29, 1.82) is 0 Å². The molecule has 8 heteroatoms. The highest BCUT2D eigenvalue weighted by Crippen LogP contribution is 2.35. The summed E-state index contributed by atoms with van der Waals surface area (Å²) in [6, 6.07) is 4.24. The highest BCUT2D eigenvalue weighted by Gasteiger charge is 2.27. The molecular weight excluding hydrogens is 355 g/mol. The molecule has 0 amide bonds. The second-order valence-electron chi connectivity index (χ2n) is 7.81. The van der Waals surface area contributed by atoms with Crippen LogP contribution in [0.2, 0.25) is 0 Å². The average molecular weight is 382 g/mol. The van der Waals surface area contributed by atoms with E-state index < -0.39 is 27.6 Å². The lowest BCUT2D eigenvalue weighted by Gasteiger charge is -2.26. The Kier molecular flexibility index (Phi) is 6.24. The van der Waals surface area contributed by atoms with Gasteiger partial charge < -0.3 is 19.5 Å². The minimum Gasteiger partial charge on any atom is -0.396 e. The monoisotopic (exact) mass is 382 g/mol. The lowest BCUT2D eigenvalue weighted by atomic mass is 9.85. The smallest absolute Gasteiger partial charge is 0.305 e. The number of aliphatic hydroxyl groups excluding tert-OH is 1. The van der Waals surface area contributed by atoms with Crippen LogP contribution in [0.5, 0.6) is 0 Å². The summed E-state index contributed by atoms with van der Waals surface area (Å²) in [6.45, 7) is 7.80. The molecule has 0 saturated carbocycles. The Morgan fingerprint density at radius 2 is 1.93 bits per heavy atom. The van der Waals surface area contributed by atoms with E-state index >= 15 is 0 Å². The summed E-state index contributed by atoms with van der Waals surface area (Å²) in [5.41, 5.74) is 0.449. The SMILES string of the molecule is CC(C)(O)OCCCn1c(C(C)(C)CCO)cc2cc([N+](=O)[O-])c(F)cc21. The molecule has 1 aromatic carbocycles. The van der Waals surface area contributed by atoms with Crippen molar-refractivity contribution in [3.63, 3.8) is 0 Å². The van der Waals surface area contributed by atoms with Crippen LogP contribution < -0.4 is 0 Å². The summed E-state index contributed by atoms with van der Waals surface area (Å²) < 4.78 is 21.4. The maximum Gasteiger partial charge on any atom is 0.305 e. The van der Waals surface area contributed by atoms with Crippen molar-refractivity contribution < 1.29 is 24.3 Å². The minimum atomic E-state index is -1.23. The first kappa shape index (κ1) is 21.3. The number of benzene rings is 1. The van der Waals surface area contributed by atoms with Crippen LogP contribution in [0.15, 0.2) is 18.2 Å². The molecular formula is C19H27FN2O5. The Morgan fingerprint density at radius 1 is 1.26 bits per heavy atom. The summed E-state index contributed by atoms with van der Waals surface area (Å²) in [7, 11) is 0. The number of fused-ring (bicyclic) bond motifs is 1. The van der Waals surface area contributed by atoms with Crippen LogP contribution >= 0.6 is 0 Å². The maximum atomic E-state index is 14.2. The molecule has 0 saturated heterocycles. The van der Waals surface area contributed by atoms with Gasteiger partial charge in [0.2, 0.25) is 5.82 Å². The van der Waals surface area contributed by atoms with Crippen molar-refractivity contribution in [2.75, 3.05) is 13.2 Å². The fraction of sp³-hybridized carbons (Fsp3) is 0.579. The Hall–Kier alpha value is -2.03. The zero-order chi connectivity index (χ0) is 20.4. The van der Waals surface area contributed by atoms with E-state index in [1.54, 1.807) is 13.8 Å². The van der Waals surface area contributed by atoms with Crippen molar-refractivity contribution in [1.82, 2.24) is 4.57 Å². The predicted octanol–water partition coefficient (Wildman–Crippen LogP) is 3.48. The number of aliphatic hydroxyl groups is 2. The molecule has 0 aliphatic carbocycles. The van der Waals surface area contributed by atoms with Crippen LogP contribution in [0.1, 0.15) is 46.2 Å².